The van der Waals surface area contributed by atoms with Gasteiger partial charge in [-0.05, 0) is 31.4 Å². The predicted octanol–water partition coefficient (Wildman–Crippen LogP) is 2.15. The molecule has 0 saturated heterocycles. The Morgan fingerprint density at radius 3 is 1.68 bits per heavy atom. The highest BCUT2D eigenvalue weighted by Gasteiger charge is 2.40. The second kappa shape index (κ2) is 11.3. The van der Waals surface area contributed by atoms with Crippen LogP contribution in [0.3, 0.4) is 0 Å². The summed E-state index contributed by atoms with van der Waals surface area (Å²) in [7, 11) is -1.37. The van der Waals surface area contributed by atoms with Crippen LogP contribution in [-0.4, -0.2) is 28.7 Å². The number of hydrogen-bond acceptors (Lipinski definition) is 2. The molecule has 0 bridgehead atoms. The Hall–Kier alpha value is -0.270. The van der Waals surface area contributed by atoms with Crippen molar-refractivity contribution in [2.75, 3.05) is 18.5 Å². The fourth-order valence-electron chi connectivity index (χ4n) is 2.97. The number of halogens is 1. The van der Waals surface area contributed by atoms with Crippen molar-refractivity contribution in [3.8, 4) is 11.5 Å². The maximum atomic E-state index is 10.4. The Kier molecular flexibility index (Phi) is 11.2. The van der Waals surface area contributed by atoms with E-state index in [2.05, 4.69) is 20.8 Å². The Balaban J connectivity index is 0.00000441. The fourth-order valence-corrected chi connectivity index (χ4v) is 8.10. The van der Waals surface area contributed by atoms with Crippen molar-refractivity contribution in [1.29, 1.82) is 0 Å². The molecule has 2 nitrogen and oxygen atoms in total. The van der Waals surface area contributed by atoms with Gasteiger partial charge in [-0.1, -0.05) is 40.0 Å². The van der Waals surface area contributed by atoms with Gasteiger partial charge in [-0.3, -0.25) is 0 Å². The molecule has 1 aromatic rings. The van der Waals surface area contributed by atoms with Crippen LogP contribution in [0.5, 0.6) is 11.5 Å². The van der Waals surface area contributed by atoms with E-state index in [0.717, 1.165) is 5.30 Å². The molecule has 0 fully saturated rings. The molecule has 2 N–H and O–H groups in total. The predicted molar refractivity (Wildman–Crippen MR) is 95.7 cm³/mol. The molecule has 0 saturated carbocycles. The summed E-state index contributed by atoms with van der Waals surface area (Å²) in [6, 6.07) is 5.10. The monoisotopic (exact) mass is 390 g/mol. The Bertz CT molecular complexity index is 402. The molecule has 4 heteroatoms. The minimum Gasteiger partial charge on any atom is -1.00 e. The van der Waals surface area contributed by atoms with Crippen LogP contribution in [0.1, 0.15) is 59.3 Å². The average molecular weight is 391 g/mol. The van der Waals surface area contributed by atoms with Crippen LogP contribution in [-0.2, 0) is 0 Å². The van der Waals surface area contributed by atoms with Gasteiger partial charge in [0.25, 0.3) is 0 Å². The van der Waals surface area contributed by atoms with Gasteiger partial charge in [0.2, 0.25) is 0 Å². The maximum absolute atomic E-state index is 10.4. The van der Waals surface area contributed by atoms with E-state index in [-0.39, 0.29) is 22.7 Å². The Morgan fingerprint density at radius 2 is 1.27 bits per heavy atom. The summed E-state index contributed by atoms with van der Waals surface area (Å²) in [5.74, 6) is 0.682. The average Bonchev–Trinajstić information content (AvgIpc) is 2.49. The maximum Gasteiger partial charge on any atom is 0.158 e. The standard InChI is InChI=1S/C18H31O2P.BrH/c1-4-7-12-21(13-8-5-2,14-9-6-3)18-15-16(19)10-11-17(18)20;/h10-11,15H,4-9,12-14H2,1-3H3,(H-,19,20);1H. The summed E-state index contributed by atoms with van der Waals surface area (Å²) < 4.78 is 0. The third-order valence-corrected chi connectivity index (χ3v) is 9.19. The number of aromatic hydroxyl groups is 2. The molecule has 0 spiro atoms. The number of unbranched alkanes of at least 4 members (excludes halogenated alkanes) is 3. The molecule has 0 aliphatic heterocycles. The van der Waals surface area contributed by atoms with Gasteiger partial charge >= 0.3 is 0 Å². The summed E-state index contributed by atoms with van der Waals surface area (Å²) in [6.07, 6.45) is 10.9. The van der Waals surface area contributed by atoms with Crippen molar-refractivity contribution in [2.24, 2.45) is 0 Å². The van der Waals surface area contributed by atoms with Crippen molar-refractivity contribution in [2.45, 2.75) is 59.3 Å². The first-order chi connectivity index (χ1) is 10.1. The molecule has 0 aliphatic rings. The van der Waals surface area contributed by atoms with Gasteiger partial charge in [0.05, 0.1) is 25.7 Å². The Morgan fingerprint density at radius 1 is 0.818 bits per heavy atom. The van der Waals surface area contributed by atoms with Gasteiger partial charge in [0, 0.05) is 6.07 Å². The van der Waals surface area contributed by atoms with Crippen molar-refractivity contribution in [1.82, 2.24) is 0 Å². The first kappa shape index (κ1) is 21.7. The number of benzene rings is 1. The number of phenolic OH excluding ortho intramolecular Hbond substituents is 2. The van der Waals surface area contributed by atoms with E-state index < -0.39 is 7.26 Å². The van der Waals surface area contributed by atoms with Crippen LogP contribution in [0.25, 0.3) is 0 Å². The van der Waals surface area contributed by atoms with Crippen molar-refractivity contribution in [3.63, 3.8) is 0 Å². The normalized spacial score (nSPS) is 11.2. The van der Waals surface area contributed by atoms with Crippen molar-refractivity contribution in [3.05, 3.63) is 18.2 Å². The summed E-state index contributed by atoms with van der Waals surface area (Å²) in [6.45, 7) is 6.70. The minimum atomic E-state index is -1.37. The van der Waals surface area contributed by atoms with Crippen LogP contribution in [0, 0.1) is 0 Å². The van der Waals surface area contributed by atoms with Gasteiger partial charge in [-0.2, -0.15) is 0 Å². The highest BCUT2D eigenvalue weighted by molar-refractivity contribution is 7.83. The summed E-state index contributed by atoms with van der Waals surface area (Å²) in [4.78, 5) is 0. The molecule has 0 heterocycles. The SMILES string of the molecule is CCCC[P+](CCCC)(CCCC)c1cc(O)ccc1O.[Br-]. The molecule has 0 aromatic heterocycles. The van der Waals surface area contributed by atoms with E-state index in [4.69, 9.17) is 0 Å². The van der Waals surface area contributed by atoms with Gasteiger partial charge in [0.1, 0.15) is 11.1 Å². The van der Waals surface area contributed by atoms with Crippen molar-refractivity contribution < 1.29 is 27.2 Å². The van der Waals surface area contributed by atoms with E-state index in [1.807, 2.05) is 6.07 Å². The molecule has 22 heavy (non-hydrogen) atoms. The quantitative estimate of drug-likeness (QED) is 0.474. The van der Waals surface area contributed by atoms with Crippen molar-refractivity contribution >= 4 is 12.6 Å². The lowest BCUT2D eigenvalue weighted by molar-refractivity contribution is -0.00000664. The summed E-state index contributed by atoms with van der Waals surface area (Å²) in [5, 5.41) is 21.3. The van der Waals surface area contributed by atoms with E-state index >= 15 is 0 Å². The van der Waals surface area contributed by atoms with Crippen LogP contribution >= 0.6 is 7.26 Å². The van der Waals surface area contributed by atoms with E-state index in [0.29, 0.717) is 5.75 Å². The van der Waals surface area contributed by atoms with Crippen LogP contribution < -0.4 is 22.3 Å². The second-order valence-corrected chi connectivity index (χ2v) is 10.2. The lowest BCUT2D eigenvalue weighted by Gasteiger charge is -2.28. The third kappa shape index (κ3) is 6.08. The van der Waals surface area contributed by atoms with E-state index in [9.17, 15) is 10.2 Å². The van der Waals surface area contributed by atoms with E-state index in [1.165, 1.54) is 57.0 Å². The highest BCUT2D eigenvalue weighted by atomic mass is 79.9. The number of hydrogen-bond donors (Lipinski definition) is 2. The number of phenols is 2. The molecule has 0 aliphatic carbocycles. The van der Waals surface area contributed by atoms with Gasteiger partial charge in [-0.15, -0.1) is 0 Å². The fraction of sp³-hybridized carbons (Fsp3) is 0.667. The molecular weight excluding hydrogens is 359 g/mol. The molecule has 1 rings (SSSR count). The molecule has 0 unspecified atom stereocenters. The first-order valence-electron chi connectivity index (χ1n) is 8.48. The number of rotatable bonds is 10. The topological polar surface area (TPSA) is 40.5 Å². The lowest BCUT2D eigenvalue weighted by atomic mass is 10.3. The van der Waals surface area contributed by atoms with Gasteiger partial charge in [0.15, 0.2) is 5.75 Å². The molecule has 0 atom stereocenters. The summed E-state index contributed by atoms with van der Waals surface area (Å²) in [5.41, 5.74) is 0. The van der Waals surface area contributed by atoms with Crippen LogP contribution in [0.4, 0.5) is 0 Å². The molecule has 1 aromatic carbocycles. The van der Waals surface area contributed by atoms with Gasteiger partial charge < -0.3 is 27.2 Å². The summed E-state index contributed by atoms with van der Waals surface area (Å²) >= 11 is 0. The smallest absolute Gasteiger partial charge is 0.158 e. The first-order valence-corrected chi connectivity index (χ1v) is 10.8. The molecule has 128 valence electrons. The molecule has 0 amide bonds. The second-order valence-electron chi connectivity index (χ2n) is 6.05. The third-order valence-electron chi connectivity index (χ3n) is 4.29. The van der Waals surface area contributed by atoms with E-state index in [1.54, 1.807) is 12.1 Å². The molecule has 0 radical (unpaired) electrons. The zero-order valence-electron chi connectivity index (χ0n) is 14.3. The zero-order chi connectivity index (χ0) is 15.7. The highest BCUT2D eigenvalue weighted by Crippen LogP contribution is 2.61. The zero-order valence-corrected chi connectivity index (χ0v) is 16.8. The van der Waals surface area contributed by atoms with Crippen LogP contribution in [0.2, 0.25) is 0 Å². The lowest BCUT2D eigenvalue weighted by Crippen LogP contribution is -3.00. The van der Waals surface area contributed by atoms with Crippen LogP contribution in [0.15, 0.2) is 18.2 Å². The Labute approximate surface area is 147 Å². The minimum absolute atomic E-state index is 0. The molecular formula is C18H32BrO2P. The largest absolute Gasteiger partial charge is 1.00 e. The van der Waals surface area contributed by atoms with Gasteiger partial charge in [-0.25, -0.2) is 0 Å².